The summed E-state index contributed by atoms with van der Waals surface area (Å²) in [4.78, 5) is 0. The third-order valence-corrected chi connectivity index (χ3v) is 11.5. The summed E-state index contributed by atoms with van der Waals surface area (Å²) < 4.78 is 20.2. The predicted molar refractivity (Wildman–Crippen MR) is 186 cm³/mol. The van der Waals surface area contributed by atoms with Gasteiger partial charge in [0.1, 0.15) is 0 Å². The van der Waals surface area contributed by atoms with Gasteiger partial charge in [-0.1, -0.05) is 127 Å². The number of hydrogen-bond acceptors (Lipinski definition) is 1. The quantitative estimate of drug-likeness (QED) is 0.181. The van der Waals surface area contributed by atoms with Crippen LogP contribution >= 0.6 is 7.44 Å². The number of hydrogen-bond donors (Lipinski definition) is 0. The molecule has 0 N–H and O–H groups in total. The zero-order valence-electron chi connectivity index (χ0n) is 24.8. The van der Waals surface area contributed by atoms with Crippen LogP contribution in [0.4, 0.5) is 11.4 Å². The fraction of sp³-hybridized carbons (Fsp3) is 0.0500. The average molecular weight is 589 g/mol. The fourth-order valence-corrected chi connectivity index (χ4v) is 9.26. The van der Waals surface area contributed by atoms with Crippen molar-refractivity contribution in [3.63, 3.8) is 0 Å². The van der Waals surface area contributed by atoms with Crippen molar-refractivity contribution in [3.05, 3.63) is 175 Å². The van der Waals surface area contributed by atoms with E-state index in [2.05, 4.69) is 120 Å². The molecule has 0 unspecified atom stereocenters. The van der Waals surface area contributed by atoms with Crippen LogP contribution in [0.2, 0.25) is 0 Å². The van der Waals surface area contributed by atoms with Crippen molar-refractivity contribution < 1.29 is 4.57 Å². The summed E-state index contributed by atoms with van der Waals surface area (Å²) in [6, 6.07) is 56.0. The Morgan fingerprint density at radius 2 is 0.727 bits per heavy atom. The van der Waals surface area contributed by atoms with Gasteiger partial charge in [0.2, 0.25) is 0 Å². The summed E-state index contributed by atoms with van der Waals surface area (Å²) >= 11 is 0. The van der Waals surface area contributed by atoms with Crippen LogP contribution in [-0.4, -0.2) is 0 Å². The van der Waals surface area contributed by atoms with E-state index in [-0.39, 0.29) is 0 Å². The molecule has 6 aromatic carbocycles. The highest BCUT2D eigenvalue weighted by molar-refractivity contribution is 7.75. The van der Waals surface area contributed by atoms with Gasteiger partial charge in [-0.2, -0.15) is 0 Å². The first-order valence-corrected chi connectivity index (χ1v) is 16.5. The molecule has 0 fully saturated rings. The molecule has 44 heavy (non-hydrogen) atoms. The maximum atomic E-state index is 16.1. The standard InChI is InChI=1S/C40H33N2OP/c1-30-31(2)42(39-23-13-21-37(29-39)34-18-10-5-11-19-34)44(43,40-26-24-35(25-27-40)32-14-6-3-7-15-32)41(30)38-22-12-20-36(28-38)33-16-8-4-9-17-33/h3-29H,1-2H3. The molecule has 0 saturated carbocycles. The third kappa shape index (κ3) is 4.86. The molecule has 0 aromatic heterocycles. The monoisotopic (exact) mass is 588 g/mol. The van der Waals surface area contributed by atoms with E-state index in [0.717, 1.165) is 61.5 Å². The molecule has 1 aliphatic heterocycles. The lowest BCUT2D eigenvalue weighted by Crippen LogP contribution is -2.28. The molecule has 0 atom stereocenters. The molecule has 0 saturated heterocycles. The molecule has 0 aliphatic carbocycles. The minimum Gasteiger partial charge on any atom is -0.274 e. The second-order valence-electron chi connectivity index (χ2n) is 11.1. The molecule has 3 nitrogen and oxygen atoms in total. The average Bonchev–Trinajstić information content (AvgIpc) is 3.30. The van der Waals surface area contributed by atoms with E-state index in [1.165, 1.54) is 0 Å². The lowest BCUT2D eigenvalue weighted by Gasteiger charge is -2.35. The van der Waals surface area contributed by atoms with Gasteiger partial charge in [0, 0.05) is 22.8 Å². The van der Waals surface area contributed by atoms with Crippen molar-refractivity contribution in [2.24, 2.45) is 0 Å². The number of benzene rings is 6. The Kier molecular flexibility index (Phi) is 7.26. The van der Waals surface area contributed by atoms with Gasteiger partial charge in [-0.25, -0.2) is 0 Å². The van der Waals surface area contributed by atoms with Crippen LogP contribution in [-0.2, 0) is 4.57 Å². The highest BCUT2D eigenvalue weighted by Crippen LogP contribution is 2.64. The van der Waals surface area contributed by atoms with Crippen LogP contribution in [0.5, 0.6) is 0 Å². The molecule has 1 heterocycles. The maximum Gasteiger partial charge on any atom is 0.301 e. The van der Waals surface area contributed by atoms with Crippen LogP contribution in [0.3, 0.4) is 0 Å². The van der Waals surface area contributed by atoms with E-state index in [4.69, 9.17) is 0 Å². The Balaban J connectivity index is 1.40. The summed E-state index contributed by atoms with van der Waals surface area (Å²) in [5.74, 6) is 0. The molecule has 0 spiro atoms. The van der Waals surface area contributed by atoms with E-state index in [1.807, 2.05) is 66.7 Å². The summed E-state index contributed by atoms with van der Waals surface area (Å²) in [6.07, 6.45) is 0. The lowest BCUT2D eigenvalue weighted by molar-refractivity contribution is 0.581. The summed E-state index contributed by atoms with van der Waals surface area (Å²) in [7, 11) is -3.44. The number of rotatable bonds is 6. The first kappa shape index (κ1) is 27.7. The van der Waals surface area contributed by atoms with Crippen LogP contribution < -0.4 is 14.6 Å². The summed E-state index contributed by atoms with van der Waals surface area (Å²) in [6.45, 7) is 4.16. The minimum absolute atomic E-state index is 0.781. The van der Waals surface area contributed by atoms with Crippen molar-refractivity contribution in [2.45, 2.75) is 13.8 Å². The van der Waals surface area contributed by atoms with Crippen LogP contribution in [0.1, 0.15) is 13.8 Å². The highest BCUT2D eigenvalue weighted by Gasteiger charge is 2.47. The third-order valence-electron chi connectivity index (χ3n) is 8.41. The van der Waals surface area contributed by atoms with Gasteiger partial charge in [0.05, 0.1) is 5.30 Å². The number of anilines is 2. The van der Waals surface area contributed by atoms with Gasteiger partial charge >= 0.3 is 7.44 Å². The Labute approximate surface area is 259 Å². The second kappa shape index (κ2) is 11.5. The van der Waals surface area contributed by atoms with Crippen molar-refractivity contribution >= 4 is 24.1 Å². The lowest BCUT2D eigenvalue weighted by atomic mass is 10.1. The number of nitrogens with zero attached hydrogens (tertiary/aromatic N) is 2. The van der Waals surface area contributed by atoms with Gasteiger partial charge < -0.3 is 0 Å². The van der Waals surface area contributed by atoms with Crippen molar-refractivity contribution in [1.82, 2.24) is 0 Å². The first-order chi connectivity index (χ1) is 21.5. The Bertz CT molecular complexity index is 1900. The van der Waals surface area contributed by atoms with Crippen LogP contribution in [0, 0.1) is 0 Å². The Morgan fingerprint density at radius 1 is 0.386 bits per heavy atom. The first-order valence-electron chi connectivity index (χ1n) is 14.9. The molecule has 0 amide bonds. The maximum absolute atomic E-state index is 16.1. The largest absolute Gasteiger partial charge is 0.301 e. The fourth-order valence-electron chi connectivity index (χ4n) is 6.11. The van der Waals surface area contributed by atoms with Crippen LogP contribution in [0.15, 0.2) is 175 Å². The van der Waals surface area contributed by atoms with Crippen molar-refractivity contribution in [3.8, 4) is 33.4 Å². The van der Waals surface area contributed by atoms with E-state index >= 15 is 4.57 Å². The second-order valence-corrected chi connectivity index (χ2v) is 13.5. The molecule has 1 aliphatic rings. The zero-order chi connectivity index (χ0) is 30.1. The molecule has 214 valence electrons. The minimum atomic E-state index is -3.44. The zero-order valence-corrected chi connectivity index (χ0v) is 25.7. The van der Waals surface area contributed by atoms with Crippen molar-refractivity contribution in [1.29, 1.82) is 0 Å². The smallest absolute Gasteiger partial charge is 0.274 e. The summed E-state index contributed by atoms with van der Waals surface area (Å²) in [5, 5.41) is 0.781. The highest BCUT2D eigenvalue weighted by atomic mass is 31.2. The Morgan fingerprint density at radius 3 is 1.14 bits per heavy atom. The van der Waals surface area contributed by atoms with Gasteiger partial charge in [0.25, 0.3) is 0 Å². The number of allylic oxidation sites excluding steroid dienone is 2. The molecular weight excluding hydrogens is 555 g/mol. The molecule has 0 bridgehead atoms. The van der Waals surface area contributed by atoms with E-state index in [0.29, 0.717) is 0 Å². The molecular formula is C40H33N2OP. The van der Waals surface area contributed by atoms with E-state index in [1.54, 1.807) is 0 Å². The molecule has 4 heteroatoms. The van der Waals surface area contributed by atoms with E-state index in [9.17, 15) is 0 Å². The Hall–Kier alpha value is -5.11. The normalized spacial score (nSPS) is 14.2. The molecule has 0 radical (unpaired) electrons. The van der Waals surface area contributed by atoms with Crippen LogP contribution in [0.25, 0.3) is 33.4 Å². The van der Waals surface area contributed by atoms with E-state index < -0.39 is 7.44 Å². The van der Waals surface area contributed by atoms with Gasteiger partial charge in [-0.3, -0.25) is 13.9 Å². The topological polar surface area (TPSA) is 23.6 Å². The van der Waals surface area contributed by atoms with Crippen molar-refractivity contribution in [2.75, 3.05) is 9.34 Å². The molecule has 6 aromatic rings. The van der Waals surface area contributed by atoms with Gasteiger partial charge in [-0.05, 0) is 83.6 Å². The SMILES string of the molecule is CC1=C(C)N(c2cccc(-c3ccccc3)c2)P(=O)(c2ccc(-c3ccccc3)cc2)N1c1cccc(-c2ccccc2)c1. The molecule has 7 rings (SSSR count). The predicted octanol–water partition coefficient (Wildman–Crippen LogP) is 10.8. The van der Waals surface area contributed by atoms with Gasteiger partial charge in [0.15, 0.2) is 0 Å². The van der Waals surface area contributed by atoms with Gasteiger partial charge in [-0.15, -0.1) is 0 Å². The summed E-state index contributed by atoms with van der Waals surface area (Å²) in [5.41, 5.74) is 10.4.